The van der Waals surface area contributed by atoms with Crippen molar-refractivity contribution >= 4 is 106 Å². The molecule has 0 aromatic carbocycles. The van der Waals surface area contributed by atoms with Crippen LogP contribution in [0, 0.1) is 0 Å². The maximum Gasteiger partial charge on any atom is 0.189 e. The van der Waals surface area contributed by atoms with Gasteiger partial charge in [0.1, 0.15) is 11.5 Å². The molecule has 176 valence electrons. The second-order valence-electron chi connectivity index (χ2n) is 5.31. The zero-order valence-electron chi connectivity index (χ0n) is 17.2. The maximum atomic E-state index is 5.68. The van der Waals surface area contributed by atoms with E-state index in [1.165, 1.54) is 23.5 Å². The van der Waals surface area contributed by atoms with Gasteiger partial charge < -0.3 is 5.43 Å². The highest BCUT2D eigenvalue weighted by atomic mass is 79.9. The molecule has 4 aromatic heterocycles. The van der Waals surface area contributed by atoms with Crippen LogP contribution in [0.2, 0.25) is 5.15 Å². The van der Waals surface area contributed by atoms with E-state index in [1.54, 1.807) is 36.7 Å². The predicted octanol–water partition coefficient (Wildman–Crippen LogP) is 5.47. The number of halogens is 4. The first-order valence-electron chi connectivity index (χ1n) is 8.47. The number of hydrazine groups is 1. The minimum Gasteiger partial charge on any atom is -0.307 e. The lowest BCUT2D eigenvalue weighted by Crippen LogP contribution is -2.09. The normalized spacial score (nSPS) is 10.2. The van der Waals surface area contributed by atoms with Crippen molar-refractivity contribution in [2.24, 2.45) is 5.84 Å². The van der Waals surface area contributed by atoms with E-state index in [2.05, 4.69) is 88.3 Å². The average Bonchev–Trinajstić information content (AvgIpc) is 3.33. The summed E-state index contributed by atoms with van der Waals surface area (Å²) in [7, 11) is 0. The first-order valence-corrected chi connectivity index (χ1v) is 14.9. The van der Waals surface area contributed by atoms with E-state index >= 15 is 0 Å². The van der Waals surface area contributed by atoms with Crippen LogP contribution in [0.3, 0.4) is 0 Å². The zero-order chi connectivity index (χ0) is 24.4. The lowest BCUT2D eigenvalue weighted by Gasteiger charge is -2.01. The van der Waals surface area contributed by atoms with Crippen LogP contribution < -0.4 is 11.3 Å². The van der Waals surface area contributed by atoms with Crippen molar-refractivity contribution in [1.29, 1.82) is 0 Å². The Hall–Kier alpha value is -0.750. The van der Waals surface area contributed by atoms with Crippen LogP contribution >= 0.6 is 94.7 Å². The summed E-state index contributed by atoms with van der Waals surface area (Å²) in [5.41, 5.74) is 3.26. The van der Waals surface area contributed by atoms with Gasteiger partial charge in [0.2, 0.25) is 0 Å². The van der Waals surface area contributed by atoms with Crippen molar-refractivity contribution in [1.82, 2.24) is 39.5 Å². The van der Waals surface area contributed by atoms with Gasteiger partial charge in [-0.3, -0.25) is 4.40 Å². The molecule has 4 heterocycles. The fourth-order valence-electron chi connectivity index (χ4n) is 1.90. The van der Waals surface area contributed by atoms with Crippen LogP contribution in [0.5, 0.6) is 0 Å². The van der Waals surface area contributed by atoms with Gasteiger partial charge in [0.05, 0.1) is 13.4 Å². The molecule has 0 amide bonds. The fourth-order valence-corrected chi connectivity index (χ4v) is 4.12. The molecule has 0 saturated carbocycles. The molecule has 0 atom stereocenters. The minimum atomic E-state index is 0.458. The van der Waals surface area contributed by atoms with Crippen LogP contribution in [0.1, 0.15) is 0 Å². The Morgan fingerprint density at radius 1 is 0.879 bits per heavy atom. The minimum absolute atomic E-state index is 0.458. The molecule has 0 bridgehead atoms. The van der Waals surface area contributed by atoms with Gasteiger partial charge in [-0.1, -0.05) is 46.9 Å². The molecule has 0 aliphatic heterocycles. The average molecular weight is 720 g/mol. The number of thioether (sulfide) groups is 3. The van der Waals surface area contributed by atoms with E-state index in [0.29, 0.717) is 21.3 Å². The molecule has 0 aliphatic rings. The van der Waals surface area contributed by atoms with Crippen LogP contribution in [-0.4, -0.2) is 58.3 Å². The second kappa shape index (κ2) is 14.6. The molecular weight excluding hydrogens is 704 g/mol. The monoisotopic (exact) mass is 716 g/mol. The number of aromatic nitrogens is 8. The number of rotatable bonds is 4. The first kappa shape index (κ1) is 28.5. The summed E-state index contributed by atoms with van der Waals surface area (Å²) in [6.45, 7) is 0. The molecule has 0 radical (unpaired) electrons. The Morgan fingerprint density at radius 2 is 1.48 bits per heavy atom. The van der Waals surface area contributed by atoms with E-state index in [0.717, 1.165) is 24.2 Å². The number of nitrogens with zero attached hydrogens (tertiary/aromatic N) is 8. The molecule has 17 heteroatoms. The summed E-state index contributed by atoms with van der Waals surface area (Å²) in [6.07, 6.45) is 12.5. The molecule has 0 fully saturated rings. The molecular formula is C16H16Br3ClN10S3. The van der Waals surface area contributed by atoms with Crippen molar-refractivity contribution in [2.75, 3.05) is 24.2 Å². The van der Waals surface area contributed by atoms with Gasteiger partial charge >= 0.3 is 0 Å². The van der Waals surface area contributed by atoms with Gasteiger partial charge in [0, 0.05) is 18.6 Å². The van der Waals surface area contributed by atoms with Gasteiger partial charge in [-0.15, -0.1) is 10.2 Å². The summed E-state index contributed by atoms with van der Waals surface area (Å²) < 4.78 is 4.19. The topological polar surface area (TPSA) is 133 Å². The number of hydrogen-bond donors (Lipinski definition) is 2. The standard InChI is InChI=1S/C6H5BrN4S.C5H4BrClN2S.C5H7BrN4S/c1-12-6-8-2-4(7)5-10-9-3-11(5)6;1-10-5-8-2-3(6)4(7)9-5;1-11-5-8-2-3(6)4(9-5)10-7/h2-3H,1H3;2H,1H3;2H,7H2,1H3,(H,8,9,10). The Morgan fingerprint density at radius 3 is 2.06 bits per heavy atom. The van der Waals surface area contributed by atoms with Gasteiger partial charge in [-0.05, 0) is 66.6 Å². The maximum absolute atomic E-state index is 5.68. The van der Waals surface area contributed by atoms with Gasteiger partial charge in [-0.25, -0.2) is 30.8 Å². The molecule has 4 aromatic rings. The molecule has 33 heavy (non-hydrogen) atoms. The van der Waals surface area contributed by atoms with Gasteiger partial charge in [0.15, 0.2) is 26.9 Å². The largest absolute Gasteiger partial charge is 0.307 e. The van der Waals surface area contributed by atoms with Crippen LogP contribution in [0.15, 0.2) is 53.8 Å². The molecule has 0 aliphatic carbocycles. The molecule has 0 unspecified atom stereocenters. The Bertz CT molecular complexity index is 1200. The highest BCUT2D eigenvalue weighted by molar-refractivity contribution is 9.11. The lowest BCUT2D eigenvalue weighted by atomic mass is 10.6. The van der Waals surface area contributed by atoms with E-state index in [4.69, 9.17) is 17.4 Å². The predicted molar refractivity (Wildman–Crippen MR) is 146 cm³/mol. The fraction of sp³-hybridized carbons (Fsp3) is 0.188. The SMILES string of the molecule is CSc1ncc(Br)c(Cl)n1.CSc1ncc(Br)c(NN)n1.CSc1ncc(Br)c2nncn12. The second-order valence-corrected chi connectivity index (χ2v) is 10.6. The number of nitrogen functional groups attached to an aromatic ring is 1. The molecule has 0 saturated heterocycles. The third-order valence-corrected chi connectivity index (χ3v) is 7.37. The summed E-state index contributed by atoms with van der Waals surface area (Å²) in [5, 5.41) is 10.5. The van der Waals surface area contributed by atoms with E-state index < -0.39 is 0 Å². The molecule has 10 nitrogen and oxygen atoms in total. The number of hydrogen-bond acceptors (Lipinski definition) is 12. The van der Waals surface area contributed by atoms with Crippen molar-refractivity contribution < 1.29 is 0 Å². The molecule has 3 N–H and O–H groups in total. The highest BCUT2D eigenvalue weighted by Crippen LogP contribution is 2.21. The summed E-state index contributed by atoms with van der Waals surface area (Å²) in [6, 6.07) is 0. The Kier molecular flexibility index (Phi) is 12.6. The van der Waals surface area contributed by atoms with Crippen LogP contribution in [0.4, 0.5) is 5.82 Å². The smallest absolute Gasteiger partial charge is 0.189 e. The summed E-state index contributed by atoms with van der Waals surface area (Å²) >= 11 is 20.0. The van der Waals surface area contributed by atoms with E-state index in [-0.39, 0.29) is 0 Å². The van der Waals surface area contributed by atoms with Crippen molar-refractivity contribution in [3.63, 3.8) is 0 Å². The Balaban J connectivity index is 0.000000176. The van der Waals surface area contributed by atoms with Crippen LogP contribution in [0.25, 0.3) is 5.65 Å². The lowest BCUT2D eigenvalue weighted by molar-refractivity contribution is 0.894. The van der Waals surface area contributed by atoms with Crippen molar-refractivity contribution in [3.8, 4) is 0 Å². The number of fused-ring (bicyclic) bond motifs is 1. The highest BCUT2D eigenvalue weighted by Gasteiger charge is 2.05. The zero-order valence-corrected chi connectivity index (χ0v) is 25.2. The third-order valence-electron chi connectivity index (χ3n) is 3.34. The van der Waals surface area contributed by atoms with Crippen molar-refractivity contribution in [2.45, 2.75) is 15.5 Å². The number of anilines is 1. The van der Waals surface area contributed by atoms with E-state index in [9.17, 15) is 0 Å². The quantitative estimate of drug-likeness (QED) is 0.0912. The number of nitrogens with one attached hydrogen (secondary N) is 1. The first-order chi connectivity index (χ1) is 15.8. The van der Waals surface area contributed by atoms with Crippen LogP contribution in [-0.2, 0) is 0 Å². The van der Waals surface area contributed by atoms with Crippen molar-refractivity contribution in [3.05, 3.63) is 43.5 Å². The van der Waals surface area contributed by atoms with E-state index in [1.807, 2.05) is 23.2 Å². The summed E-state index contributed by atoms with van der Waals surface area (Å²) in [4.78, 5) is 20.2. The van der Waals surface area contributed by atoms with Gasteiger partial charge in [-0.2, -0.15) is 0 Å². The summed E-state index contributed by atoms with van der Waals surface area (Å²) in [5.74, 6) is 5.80. The molecule has 4 rings (SSSR count). The Labute approximate surface area is 232 Å². The van der Waals surface area contributed by atoms with Gasteiger partial charge in [0.25, 0.3) is 0 Å². The third kappa shape index (κ3) is 8.45. The number of nitrogens with two attached hydrogens (primary N) is 1. The molecule has 0 spiro atoms.